The molecule has 1 aliphatic carbocycles. The number of hydrogen-bond donors (Lipinski definition) is 3. The molecule has 0 unspecified atom stereocenters. The Labute approximate surface area is 159 Å². The molecular weight excluding hydrogens is 344 g/mol. The fourth-order valence-electron chi connectivity index (χ4n) is 2.56. The maximum Gasteiger partial charge on any atom is 0.258 e. The first kappa shape index (κ1) is 18.8. The minimum atomic E-state index is -0.0674. The van der Waals surface area contributed by atoms with Crippen molar-refractivity contribution in [2.24, 2.45) is 4.99 Å². The van der Waals surface area contributed by atoms with Gasteiger partial charge in [0.25, 0.3) is 5.91 Å². The third kappa shape index (κ3) is 6.69. The lowest BCUT2D eigenvalue weighted by molar-refractivity contribution is -0.123. The highest BCUT2D eigenvalue weighted by molar-refractivity contribution is 5.79. The highest BCUT2D eigenvalue weighted by Crippen LogP contribution is 2.18. The molecule has 3 N–H and O–H groups in total. The van der Waals surface area contributed by atoms with Crippen LogP contribution in [0.3, 0.4) is 0 Å². The molecule has 1 amide bonds. The zero-order valence-corrected chi connectivity index (χ0v) is 15.5. The smallest absolute Gasteiger partial charge is 0.258 e. The molecule has 0 radical (unpaired) electrons. The molecule has 7 heteroatoms. The number of guanidine groups is 1. The van der Waals surface area contributed by atoms with E-state index in [4.69, 9.17) is 9.15 Å². The predicted molar refractivity (Wildman–Crippen MR) is 104 cm³/mol. The molecule has 1 aromatic carbocycles. The minimum absolute atomic E-state index is 0.0450. The molecule has 0 aliphatic heterocycles. The highest BCUT2D eigenvalue weighted by Gasteiger charge is 2.23. The Balaban J connectivity index is 1.40. The number of rotatable bonds is 9. The van der Waals surface area contributed by atoms with Gasteiger partial charge in [0.1, 0.15) is 11.5 Å². The second-order valence-electron chi connectivity index (χ2n) is 6.46. The summed E-state index contributed by atoms with van der Waals surface area (Å²) in [4.78, 5) is 15.9. The molecule has 144 valence electrons. The molecule has 1 saturated carbocycles. The van der Waals surface area contributed by atoms with E-state index < -0.39 is 0 Å². The minimum Gasteiger partial charge on any atom is -0.484 e. The maximum absolute atomic E-state index is 11.7. The number of nitrogens with one attached hydrogen (secondary N) is 3. The summed E-state index contributed by atoms with van der Waals surface area (Å²) in [5.41, 5.74) is 1.05. The third-order valence-corrected chi connectivity index (χ3v) is 4.14. The molecular formula is C20H26N4O3. The molecule has 1 fully saturated rings. The van der Waals surface area contributed by atoms with Gasteiger partial charge < -0.3 is 25.1 Å². The van der Waals surface area contributed by atoms with Gasteiger partial charge >= 0.3 is 0 Å². The molecule has 27 heavy (non-hydrogen) atoms. The lowest BCUT2D eigenvalue weighted by Crippen LogP contribution is -2.37. The van der Waals surface area contributed by atoms with E-state index in [1.54, 1.807) is 13.3 Å². The van der Waals surface area contributed by atoms with Crippen LogP contribution in [-0.2, 0) is 17.8 Å². The number of furan rings is 1. The molecule has 0 bridgehead atoms. The van der Waals surface area contributed by atoms with Crippen LogP contribution in [0.15, 0.2) is 52.1 Å². The summed E-state index contributed by atoms with van der Waals surface area (Å²) in [6.45, 7) is 1.38. The normalized spacial score (nSPS) is 13.9. The van der Waals surface area contributed by atoms with Crippen LogP contribution in [-0.4, -0.2) is 38.1 Å². The van der Waals surface area contributed by atoms with Crippen LogP contribution in [0.4, 0.5) is 0 Å². The van der Waals surface area contributed by atoms with Crippen molar-refractivity contribution in [3.63, 3.8) is 0 Å². The summed E-state index contributed by atoms with van der Waals surface area (Å²) in [5.74, 6) is 2.27. The molecule has 1 aliphatic rings. The fourth-order valence-corrected chi connectivity index (χ4v) is 2.56. The second-order valence-corrected chi connectivity index (χ2v) is 6.46. The van der Waals surface area contributed by atoms with Crippen LogP contribution >= 0.6 is 0 Å². The zero-order chi connectivity index (χ0) is 18.9. The van der Waals surface area contributed by atoms with E-state index in [1.807, 2.05) is 36.4 Å². The maximum atomic E-state index is 11.7. The Morgan fingerprint density at radius 1 is 1.26 bits per heavy atom. The van der Waals surface area contributed by atoms with Gasteiger partial charge in [-0.15, -0.1) is 0 Å². The number of hydrogen-bond acceptors (Lipinski definition) is 4. The fraction of sp³-hybridized carbons (Fsp3) is 0.400. The SMILES string of the molecule is CN=C(NCCc1ccco1)NCc1cccc(OCC(=O)NC2CC2)c1. The molecule has 2 aromatic rings. The highest BCUT2D eigenvalue weighted by atomic mass is 16.5. The van der Waals surface area contributed by atoms with Crippen molar-refractivity contribution in [1.82, 2.24) is 16.0 Å². The molecule has 0 atom stereocenters. The van der Waals surface area contributed by atoms with Crippen molar-refractivity contribution >= 4 is 11.9 Å². The predicted octanol–water partition coefficient (Wildman–Crippen LogP) is 1.84. The third-order valence-electron chi connectivity index (χ3n) is 4.14. The van der Waals surface area contributed by atoms with Gasteiger partial charge in [0.05, 0.1) is 6.26 Å². The largest absolute Gasteiger partial charge is 0.484 e. The van der Waals surface area contributed by atoms with Gasteiger partial charge in [-0.25, -0.2) is 0 Å². The van der Waals surface area contributed by atoms with Crippen LogP contribution in [0, 0.1) is 0 Å². The monoisotopic (exact) mass is 370 g/mol. The van der Waals surface area contributed by atoms with Crippen LogP contribution in [0.5, 0.6) is 5.75 Å². The van der Waals surface area contributed by atoms with Gasteiger partial charge in [0, 0.05) is 32.6 Å². The summed E-state index contributed by atoms with van der Waals surface area (Å²) in [5, 5.41) is 9.43. The average Bonchev–Trinajstić information content (AvgIpc) is 3.34. The first-order chi connectivity index (χ1) is 13.2. The summed E-state index contributed by atoms with van der Waals surface area (Å²) in [6.07, 6.45) is 4.61. The van der Waals surface area contributed by atoms with Crippen LogP contribution in [0.1, 0.15) is 24.2 Å². The van der Waals surface area contributed by atoms with Crippen molar-refractivity contribution in [3.05, 3.63) is 54.0 Å². The second kappa shape index (κ2) is 9.66. The molecule has 7 nitrogen and oxygen atoms in total. The van der Waals surface area contributed by atoms with Gasteiger partial charge in [-0.05, 0) is 42.7 Å². The van der Waals surface area contributed by atoms with Gasteiger partial charge in [0.2, 0.25) is 0 Å². The van der Waals surface area contributed by atoms with Crippen LogP contribution in [0.2, 0.25) is 0 Å². The quantitative estimate of drug-likeness (QED) is 0.463. The first-order valence-electron chi connectivity index (χ1n) is 9.21. The first-order valence-corrected chi connectivity index (χ1v) is 9.21. The number of amides is 1. The van der Waals surface area contributed by atoms with E-state index in [0.29, 0.717) is 18.3 Å². The van der Waals surface area contributed by atoms with Gasteiger partial charge in [-0.3, -0.25) is 9.79 Å². The average molecular weight is 370 g/mol. The zero-order valence-electron chi connectivity index (χ0n) is 15.5. The van der Waals surface area contributed by atoms with Gasteiger partial charge in [0.15, 0.2) is 12.6 Å². The molecule has 1 aromatic heterocycles. The van der Waals surface area contributed by atoms with Crippen LogP contribution in [0.25, 0.3) is 0 Å². The standard InChI is InChI=1S/C20H26N4O3/c1-21-20(22-10-9-17-6-3-11-26-17)23-13-15-4-2-5-18(12-15)27-14-19(25)24-16-7-8-16/h2-6,11-12,16H,7-10,13-14H2,1H3,(H,24,25)(H2,21,22,23). The van der Waals surface area contributed by atoms with E-state index in [2.05, 4.69) is 20.9 Å². The Bertz CT molecular complexity index is 754. The van der Waals surface area contributed by atoms with Crippen molar-refractivity contribution < 1.29 is 13.9 Å². The number of ether oxygens (including phenoxy) is 1. The van der Waals surface area contributed by atoms with Crippen molar-refractivity contribution in [2.75, 3.05) is 20.2 Å². The molecule has 0 saturated heterocycles. The Hall–Kier alpha value is -2.96. The topological polar surface area (TPSA) is 87.9 Å². The van der Waals surface area contributed by atoms with Crippen LogP contribution < -0.4 is 20.7 Å². The van der Waals surface area contributed by atoms with Crippen molar-refractivity contribution in [1.29, 1.82) is 0 Å². The van der Waals surface area contributed by atoms with E-state index in [9.17, 15) is 4.79 Å². The summed E-state index contributed by atoms with van der Waals surface area (Å²) in [7, 11) is 1.74. The lowest BCUT2D eigenvalue weighted by atomic mass is 10.2. The van der Waals surface area contributed by atoms with E-state index in [1.165, 1.54) is 0 Å². The van der Waals surface area contributed by atoms with Crippen molar-refractivity contribution in [2.45, 2.75) is 31.8 Å². The number of carbonyl (C=O) groups is 1. The Morgan fingerprint density at radius 2 is 2.15 bits per heavy atom. The summed E-state index contributed by atoms with van der Waals surface area (Å²) in [6, 6.07) is 11.9. The molecule has 0 spiro atoms. The van der Waals surface area contributed by atoms with Gasteiger partial charge in [-0.2, -0.15) is 0 Å². The van der Waals surface area contributed by atoms with Gasteiger partial charge in [-0.1, -0.05) is 12.1 Å². The summed E-state index contributed by atoms with van der Waals surface area (Å²) < 4.78 is 10.9. The number of nitrogens with zero attached hydrogens (tertiary/aromatic N) is 1. The number of benzene rings is 1. The molecule has 1 heterocycles. The Morgan fingerprint density at radius 3 is 2.89 bits per heavy atom. The van der Waals surface area contributed by atoms with E-state index in [-0.39, 0.29) is 12.5 Å². The molecule has 3 rings (SSSR count). The Kier molecular flexibility index (Phi) is 6.73. The number of aliphatic imine (C=N–C) groups is 1. The van der Waals surface area contributed by atoms with E-state index >= 15 is 0 Å². The summed E-state index contributed by atoms with van der Waals surface area (Å²) >= 11 is 0. The van der Waals surface area contributed by atoms with Crippen molar-refractivity contribution in [3.8, 4) is 5.75 Å². The van der Waals surface area contributed by atoms with E-state index in [0.717, 1.165) is 43.1 Å². The number of carbonyl (C=O) groups excluding carboxylic acids is 1. The lowest BCUT2D eigenvalue weighted by Gasteiger charge is -2.12.